The van der Waals surface area contributed by atoms with Gasteiger partial charge in [-0.25, -0.2) is 14.4 Å². The van der Waals surface area contributed by atoms with E-state index in [9.17, 15) is 14.4 Å². The summed E-state index contributed by atoms with van der Waals surface area (Å²) in [6.45, 7) is 14.2. The molecule has 0 aliphatic carbocycles. The van der Waals surface area contributed by atoms with Crippen LogP contribution in [0.25, 0.3) is 0 Å². The van der Waals surface area contributed by atoms with Gasteiger partial charge >= 0.3 is 18.2 Å². The van der Waals surface area contributed by atoms with Crippen LogP contribution in [0.2, 0.25) is 0 Å². The maximum absolute atomic E-state index is 13.3. The smallest absolute Gasteiger partial charge is 0.435 e. The zero-order valence-corrected chi connectivity index (χ0v) is 27.1. The first-order valence-electron chi connectivity index (χ1n) is 15.3. The molecule has 14 nitrogen and oxygen atoms in total. The first-order chi connectivity index (χ1) is 21.2. The van der Waals surface area contributed by atoms with Gasteiger partial charge in [-0.15, -0.1) is 10.2 Å². The van der Waals surface area contributed by atoms with Crippen molar-refractivity contribution < 1.29 is 33.1 Å². The second-order valence-corrected chi connectivity index (χ2v) is 13.6. The number of likely N-dealkylation sites (tertiary alicyclic amines) is 1. The number of hydrogen-bond donors (Lipinski definition) is 0. The van der Waals surface area contributed by atoms with Gasteiger partial charge in [0.1, 0.15) is 36.2 Å². The van der Waals surface area contributed by atoms with Gasteiger partial charge in [0.2, 0.25) is 11.8 Å². The summed E-state index contributed by atoms with van der Waals surface area (Å²) in [6, 6.07) is 8.80. The summed E-state index contributed by atoms with van der Waals surface area (Å²) in [5, 5.41) is 9.97. The van der Waals surface area contributed by atoms with E-state index in [0.29, 0.717) is 44.4 Å². The van der Waals surface area contributed by atoms with Crippen molar-refractivity contribution in [3.05, 3.63) is 47.7 Å². The molecule has 45 heavy (non-hydrogen) atoms. The van der Waals surface area contributed by atoms with Crippen LogP contribution in [0.5, 0.6) is 0 Å². The third kappa shape index (κ3) is 7.91. The molecule has 1 aromatic carbocycles. The maximum atomic E-state index is 13.3. The van der Waals surface area contributed by atoms with E-state index in [1.165, 1.54) is 5.06 Å². The maximum Gasteiger partial charge on any atom is 0.435 e. The number of nitrogens with zero attached hydrogens (tertiary/aromatic N) is 7. The molecule has 0 radical (unpaired) electrons. The summed E-state index contributed by atoms with van der Waals surface area (Å²) in [5.74, 6) is 1.05. The van der Waals surface area contributed by atoms with Gasteiger partial charge in [-0.05, 0) is 66.9 Å². The van der Waals surface area contributed by atoms with Crippen molar-refractivity contribution >= 4 is 24.1 Å². The van der Waals surface area contributed by atoms with Gasteiger partial charge in [0, 0.05) is 19.6 Å². The molecular formula is C31H43N7O7. The fourth-order valence-electron chi connectivity index (χ4n) is 5.45. The number of rotatable bonds is 7. The van der Waals surface area contributed by atoms with E-state index in [2.05, 4.69) is 15.2 Å². The molecule has 0 saturated carbocycles. The highest BCUT2D eigenvalue weighted by Crippen LogP contribution is 2.38. The van der Waals surface area contributed by atoms with E-state index >= 15 is 0 Å². The minimum Gasteiger partial charge on any atom is -0.444 e. The Morgan fingerprint density at radius 3 is 2.36 bits per heavy atom. The Labute approximate surface area is 263 Å². The van der Waals surface area contributed by atoms with Crippen LogP contribution in [-0.2, 0) is 27.5 Å². The highest BCUT2D eigenvalue weighted by Gasteiger charge is 2.48. The number of aliphatic imine (C=N–C) groups is 1. The van der Waals surface area contributed by atoms with Crippen LogP contribution in [0.1, 0.15) is 84.7 Å². The van der Waals surface area contributed by atoms with Crippen molar-refractivity contribution in [2.45, 2.75) is 104 Å². The predicted octanol–water partition coefficient (Wildman–Crippen LogP) is 4.92. The van der Waals surface area contributed by atoms with Crippen molar-refractivity contribution in [1.82, 2.24) is 30.0 Å². The average Bonchev–Trinajstić information content (AvgIpc) is 3.47. The summed E-state index contributed by atoms with van der Waals surface area (Å²) in [6.07, 6.45) is 0.190. The zero-order chi connectivity index (χ0) is 32.5. The van der Waals surface area contributed by atoms with Crippen molar-refractivity contribution in [2.75, 3.05) is 19.6 Å². The Kier molecular flexibility index (Phi) is 9.06. The molecule has 2 atom stereocenters. The molecule has 0 N–H and O–H groups in total. The van der Waals surface area contributed by atoms with Crippen molar-refractivity contribution in [3.63, 3.8) is 0 Å². The Morgan fingerprint density at radius 1 is 1.00 bits per heavy atom. The number of ether oxygens (including phenoxy) is 2. The number of aromatic nitrogens is 2. The number of hydroxylamine groups is 2. The molecule has 0 spiro atoms. The lowest BCUT2D eigenvalue weighted by atomic mass is 10.0. The summed E-state index contributed by atoms with van der Waals surface area (Å²) in [7, 11) is 0. The first kappa shape index (κ1) is 32.2. The molecule has 0 unspecified atom stereocenters. The van der Waals surface area contributed by atoms with Gasteiger partial charge in [0.05, 0.1) is 12.1 Å². The number of benzene rings is 1. The summed E-state index contributed by atoms with van der Waals surface area (Å²) >= 11 is 0. The molecule has 3 aliphatic heterocycles. The lowest BCUT2D eigenvalue weighted by molar-refractivity contribution is -0.140. The number of amidine groups is 1. The van der Waals surface area contributed by atoms with E-state index in [1.807, 2.05) is 35.2 Å². The summed E-state index contributed by atoms with van der Waals surface area (Å²) < 4.78 is 17.0. The lowest BCUT2D eigenvalue weighted by Crippen LogP contribution is -2.62. The van der Waals surface area contributed by atoms with Gasteiger partial charge in [0.25, 0.3) is 0 Å². The monoisotopic (exact) mass is 625 g/mol. The number of carbonyl (C=O) groups is 3. The third-order valence-corrected chi connectivity index (χ3v) is 7.64. The molecule has 2 bridgehead atoms. The Hall–Kier alpha value is -4.20. The zero-order valence-electron chi connectivity index (χ0n) is 27.1. The fourth-order valence-corrected chi connectivity index (χ4v) is 5.45. The fraction of sp³-hybridized carbons (Fsp3) is 0.613. The molecule has 244 valence electrons. The van der Waals surface area contributed by atoms with Crippen molar-refractivity contribution in [3.8, 4) is 0 Å². The molecule has 3 fully saturated rings. The Morgan fingerprint density at radius 2 is 1.69 bits per heavy atom. The minimum atomic E-state index is -0.712. The number of piperidine rings is 1. The number of urea groups is 1. The van der Waals surface area contributed by atoms with Crippen LogP contribution in [0, 0.1) is 0 Å². The second kappa shape index (κ2) is 12.7. The second-order valence-electron chi connectivity index (χ2n) is 13.6. The number of fused-ring (bicyclic) bond motifs is 2. The molecule has 4 heterocycles. The topological polar surface area (TPSA) is 143 Å². The minimum absolute atomic E-state index is 0.0261. The first-order valence-corrected chi connectivity index (χ1v) is 15.3. The van der Waals surface area contributed by atoms with Gasteiger partial charge in [-0.2, -0.15) is 10.1 Å². The average molecular weight is 626 g/mol. The van der Waals surface area contributed by atoms with Crippen LogP contribution < -0.4 is 0 Å². The van der Waals surface area contributed by atoms with E-state index < -0.39 is 23.4 Å². The van der Waals surface area contributed by atoms with Gasteiger partial charge in [-0.3, -0.25) is 9.74 Å². The van der Waals surface area contributed by atoms with Crippen LogP contribution >= 0.6 is 0 Å². The molecule has 4 amide bonds. The van der Waals surface area contributed by atoms with Gasteiger partial charge in [0.15, 0.2) is 0 Å². The predicted molar refractivity (Wildman–Crippen MR) is 162 cm³/mol. The number of carbonyl (C=O) groups excluding carboxylic acids is 3. The van der Waals surface area contributed by atoms with E-state index in [0.717, 1.165) is 12.0 Å². The molecule has 2 aromatic rings. The Balaban J connectivity index is 1.23. The largest absolute Gasteiger partial charge is 0.444 e. The van der Waals surface area contributed by atoms with Crippen molar-refractivity contribution in [1.29, 1.82) is 0 Å². The number of hydrogen-bond acceptors (Lipinski definition) is 9. The lowest BCUT2D eigenvalue weighted by Gasteiger charge is -2.45. The van der Waals surface area contributed by atoms with Crippen LogP contribution in [0.4, 0.5) is 14.4 Å². The molecular weight excluding hydrogens is 582 g/mol. The molecule has 3 aliphatic rings. The molecule has 1 aromatic heterocycles. The summed E-state index contributed by atoms with van der Waals surface area (Å²) in [4.78, 5) is 53.8. The summed E-state index contributed by atoms with van der Waals surface area (Å²) in [5.41, 5.74) is -0.378. The van der Waals surface area contributed by atoms with Gasteiger partial charge in [-0.1, -0.05) is 30.3 Å². The van der Waals surface area contributed by atoms with Crippen molar-refractivity contribution in [2.24, 2.45) is 4.99 Å². The third-order valence-electron chi connectivity index (χ3n) is 7.64. The van der Waals surface area contributed by atoms with Gasteiger partial charge < -0.3 is 23.7 Å². The highest BCUT2D eigenvalue weighted by molar-refractivity contribution is 5.91. The molecule has 5 rings (SSSR count). The van der Waals surface area contributed by atoms with Crippen LogP contribution in [-0.4, -0.2) is 96.9 Å². The quantitative estimate of drug-likeness (QED) is 0.307. The molecule has 3 saturated heterocycles. The highest BCUT2D eigenvalue weighted by atomic mass is 16.7. The van der Waals surface area contributed by atoms with E-state index in [-0.39, 0.29) is 36.6 Å². The number of amides is 4. The van der Waals surface area contributed by atoms with Crippen LogP contribution in [0.15, 0.2) is 39.7 Å². The normalized spacial score (nSPS) is 20.7. The van der Waals surface area contributed by atoms with E-state index in [1.54, 1.807) is 58.3 Å². The van der Waals surface area contributed by atoms with E-state index in [4.69, 9.17) is 18.7 Å². The van der Waals surface area contributed by atoms with Crippen LogP contribution in [0.3, 0.4) is 0 Å². The SMILES string of the molecule is C/C(=N/C(=O)OC(C)(C)C)N1CC(N(Cc2nnc([C@@H]3CC[C@@H]4CN3C(=O)N4OCc3ccccc3)o2)C(=O)OC(C)(C)C)C1. The Bertz CT molecular complexity index is 1410. The standard InChI is InChI=1S/C31H43N7O7/c1-20(32-27(39)44-30(2,3)4)35-15-23(16-35)36(29(41)45-31(5,6)7)18-25-33-34-26(43-25)24-14-13-22-17-37(24)28(40)38(22)42-19-21-11-9-8-10-12-21/h8-12,22-24H,13-19H2,1-7H3/b32-20-/t22-,24+/m1/s1. The molecule has 14 heteroatoms.